The minimum absolute atomic E-state index is 0.0748. The van der Waals surface area contributed by atoms with E-state index in [0.29, 0.717) is 18.0 Å². The molecule has 0 aliphatic heterocycles. The van der Waals surface area contributed by atoms with E-state index >= 15 is 0 Å². The molecular formula is C21H24N2O5S. The Morgan fingerprint density at radius 1 is 0.966 bits per heavy atom. The van der Waals surface area contributed by atoms with Crippen molar-refractivity contribution in [1.29, 1.82) is 0 Å². The van der Waals surface area contributed by atoms with Gasteiger partial charge in [0.2, 0.25) is 11.8 Å². The van der Waals surface area contributed by atoms with Crippen molar-refractivity contribution >= 4 is 40.9 Å². The summed E-state index contributed by atoms with van der Waals surface area (Å²) >= 11 is 1.40. The molecule has 0 bridgehead atoms. The number of nitrogens with one attached hydrogen (secondary N) is 2. The topological polar surface area (TPSA) is 105 Å². The summed E-state index contributed by atoms with van der Waals surface area (Å²) in [6, 6.07) is 14.2. The molecule has 1 atom stereocenters. The fourth-order valence-electron chi connectivity index (χ4n) is 2.36. The molecule has 1 unspecified atom stereocenters. The van der Waals surface area contributed by atoms with Crippen LogP contribution in [0.5, 0.6) is 5.75 Å². The molecule has 0 spiro atoms. The van der Waals surface area contributed by atoms with Crippen molar-refractivity contribution in [2.45, 2.75) is 36.8 Å². The third-order valence-corrected chi connectivity index (χ3v) is 4.93. The number of thioether (sulfide) groups is 1. The number of amides is 2. The molecule has 0 radical (unpaired) electrons. The summed E-state index contributed by atoms with van der Waals surface area (Å²) in [5, 5.41) is 13.8. The molecule has 0 fully saturated rings. The zero-order chi connectivity index (χ0) is 21.2. The van der Waals surface area contributed by atoms with Gasteiger partial charge < -0.3 is 20.5 Å². The number of carboxylic acid groups (broad SMARTS) is 1. The number of hydrogen-bond donors (Lipinski definition) is 3. The van der Waals surface area contributed by atoms with Crippen molar-refractivity contribution in [2.75, 3.05) is 17.2 Å². The third-order valence-electron chi connectivity index (χ3n) is 3.82. The Morgan fingerprint density at radius 3 is 2.14 bits per heavy atom. The lowest BCUT2D eigenvalue weighted by Gasteiger charge is -2.13. The first-order chi connectivity index (χ1) is 13.9. The lowest BCUT2D eigenvalue weighted by atomic mass is 10.2. The van der Waals surface area contributed by atoms with Crippen molar-refractivity contribution in [3.05, 3.63) is 48.5 Å². The van der Waals surface area contributed by atoms with Gasteiger partial charge in [0.1, 0.15) is 5.75 Å². The average molecular weight is 416 g/mol. The molecule has 3 N–H and O–H groups in total. The molecule has 8 heteroatoms. The van der Waals surface area contributed by atoms with Crippen LogP contribution in [0.25, 0.3) is 0 Å². The van der Waals surface area contributed by atoms with Crippen LogP contribution >= 0.6 is 11.8 Å². The highest BCUT2D eigenvalue weighted by Gasteiger charge is 2.15. The van der Waals surface area contributed by atoms with Gasteiger partial charge in [0.05, 0.1) is 18.3 Å². The van der Waals surface area contributed by atoms with E-state index in [9.17, 15) is 14.4 Å². The molecular weight excluding hydrogens is 392 g/mol. The SMILES string of the molecule is CCOc1ccc(NC(=O)C(C)Sc2ccc(NC(=O)CCC(=O)O)cc2)cc1. The van der Waals surface area contributed by atoms with Crippen LogP contribution in [0, 0.1) is 0 Å². The maximum Gasteiger partial charge on any atom is 0.303 e. The molecule has 29 heavy (non-hydrogen) atoms. The second-order valence-corrected chi connectivity index (χ2v) is 7.59. The first-order valence-corrected chi connectivity index (χ1v) is 10.1. The fourth-order valence-corrected chi connectivity index (χ4v) is 3.23. The summed E-state index contributed by atoms with van der Waals surface area (Å²) in [5.41, 5.74) is 1.28. The zero-order valence-corrected chi connectivity index (χ0v) is 17.1. The Balaban J connectivity index is 1.84. The first kappa shape index (κ1) is 22.3. The standard InChI is InChI=1S/C21H24N2O5S/c1-3-28-17-8-4-16(5-9-17)23-21(27)14(2)29-18-10-6-15(7-11-18)22-19(24)12-13-20(25)26/h4-11,14H,3,12-13H2,1-2H3,(H,22,24)(H,23,27)(H,25,26). The van der Waals surface area contributed by atoms with Crippen molar-refractivity contribution in [3.8, 4) is 5.75 Å². The van der Waals surface area contributed by atoms with Crippen LogP contribution in [-0.4, -0.2) is 34.7 Å². The molecule has 0 aliphatic rings. The van der Waals surface area contributed by atoms with Crippen molar-refractivity contribution in [2.24, 2.45) is 0 Å². The van der Waals surface area contributed by atoms with Gasteiger partial charge in [-0.05, 0) is 62.4 Å². The van der Waals surface area contributed by atoms with Crippen LogP contribution in [0.4, 0.5) is 11.4 Å². The molecule has 0 heterocycles. The average Bonchev–Trinajstić information content (AvgIpc) is 2.69. The largest absolute Gasteiger partial charge is 0.494 e. The Morgan fingerprint density at radius 2 is 1.55 bits per heavy atom. The molecule has 154 valence electrons. The first-order valence-electron chi connectivity index (χ1n) is 9.19. The molecule has 0 aromatic heterocycles. The van der Waals surface area contributed by atoms with Gasteiger partial charge in [-0.2, -0.15) is 0 Å². The highest BCUT2D eigenvalue weighted by molar-refractivity contribution is 8.00. The molecule has 2 aromatic rings. The van der Waals surface area contributed by atoms with Gasteiger partial charge >= 0.3 is 5.97 Å². The maximum atomic E-state index is 12.4. The van der Waals surface area contributed by atoms with Gasteiger partial charge in [-0.1, -0.05) is 0 Å². The second-order valence-electron chi connectivity index (χ2n) is 6.17. The summed E-state index contributed by atoms with van der Waals surface area (Å²) in [7, 11) is 0. The predicted molar refractivity (Wildman–Crippen MR) is 114 cm³/mol. The quantitative estimate of drug-likeness (QED) is 0.506. The van der Waals surface area contributed by atoms with E-state index in [0.717, 1.165) is 10.6 Å². The lowest BCUT2D eigenvalue weighted by Crippen LogP contribution is -2.22. The molecule has 2 amide bonds. The van der Waals surface area contributed by atoms with E-state index in [1.54, 1.807) is 48.5 Å². The smallest absolute Gasteiger partial charge is 0.303 e. The van der Waals surface area contributed by atoms with E-state index in [1.165, 1.54) is 11.8 Å². The van der Waals surface area contributed by atoms with Crippen LogP contribution in [0.15, 0.2) is 53.4 Å². The Hall–Kier alpha value is -3.00. The van der Waals surface area contributed by atoms with E-state index in [2.05, 4.69) is 10.6 Å². The minimum atomic E-state index is -1.01. The number of benzene rings is 2. The van der Waals surface area contributed by atoms with E-state index in [-0.39, 0.29) is 29.9 Å². The predicted octanol–water partition coefficient (Wildman–Crippen LogP) is 4.01. The maximum absolute atomic E-state index is 12.4. The number of anilines is 2. The number of carboxylic acids is 1. The number of hydrogen-bond acceptors (Lipinski definition) is 5. The Bertz CT molecular complexity index is 837. The van der Waals surface area contributed by atoms with Gasteiger partial charge in [-0.15, -0.1) is 11.8 Å². The number of rotatable bonds is 10. The van der Waals surface area contributed by atoms with E-state index in [1.807, 2.05) is 13.8 Å². The summed E-state index contributed by atoms with van der Waals surface area (Å²) in [6.45, 7) is 4.31. The van der Waals surface area contributed by atoms with Crippen LogP contribution in [0.2, 0.25) is 0 Å². The summed E-state index contributed by atoms with van der Waals surface area (Å²) in [4.78, 5) is 35.4. The summed E-state index contributed by atoms with van der Waals surface area (Å²) < 4.78 is 5.38. The van der Waals surface area contributed by atoms with Crippen molar-refractivity contribution in [1.82, 2.24) is 0 Å². The van der Waals surface area contributed by atoms with Crippen molar-refractivity contribution in [3.63, 3.8) is 0 Å². The number of aliphatic carboxylic acids is 1. The van der Waals surface area contributed by atoms with Gasteiger partial charge in [-0.25, -0.2) is 0 Å². The third kappa shape index (κ3) is 7.87. The van der Waals surface area contributed by atoms with Crippen LogP contribution < -0.4 is 15.4 Å². The number of ether oxygens (including phenoxy) is 1. The van der Waals surface area contributed by atoms with E-state index in [4.69, 9.17) is 9.84 Å². The molecule has 2 aromatic carbocycles. The van der Waals surface area contributed by atoms with Gasteiger partial charge in [0.25, 0.3) is 0 Å². The van der Waals surface area contributed by atoms with Crippen LogP contribution in [0.3, 0.4) is 0 Å². The van der Waals surface area contributed by atoms with Gasteiger partial charge in [-0.3, -0.25) is 14.4 Å². The number of carbonyl (C=O) groups excluding carboxylic acids is 2. The summed E-state index contributed by atoms with van der Waals surface area (Å²) in [5.74, 6) is -0.728. The van der Waals surface area contributed by atoms with Crippen molar-refractivity contribution < 1.29 is 24.2 Å². The Kier molecular flexibility index (Phi) is 8.54. The van der Waals surface area contributed by atoms with E-state index < -0.39 is 5.97 Å². The normalized spacial score (nSPS) is 11.4. The Labute approximate surface area is 173 Å². The zero-order valence-electron chi connectivity index (χ0n) is 16.3. The number of carbonyl (C=O) groups is 3. The lowest BCUT2D eigenvalue weighted by molar-refractivity contribution is -0.138. The monoisotopic (exact) mass is 416 g/mol. The van der Waals surface area contributed by atoms with Crippen LogP contribution in [0.1, 0.15) is 26.7 Å². The van der Waals surface area contributed by atoms with Gasteiger partial charge in [0.15, 0.2) is 0 Å². The second kappa shape index (κ2) is 11.1. The molecule has 0 saturated carbocycles. The molecule has 0 aliphatic carbocycles. The molecule has 2 rings (SSSR count). The van der Waals surface area contributed by atoms with Crippen LogP contribution in [-0.2, 0) is 14.4 Å². The highest BCUT2D eigenvalue weighted by atomic mass is 32.2. The molecule has 0 saturated heterocycles. The fraction of sp³-hybridized carbons (Fsp3) is 0.286. The molecule has 7 nitrogen and oxygen atoms in total. The van der Waals surface area contributed by atoms with Gasteiger partial charge in [0, 0.05) is 22.7 Å². The highest BCUT2D eigenvalue weighted by Crippen LogP contribution is 2.26. The summed E-state index contributed by atoms with van der Waals surface area (Å²) in [6.07, 6.45) is -0.282. The minimum Gasteiger partial charge on any atom is -0.494 e.